The summed E-state index contributed by atoms with van der Waals surface area (Å²) in [7, 11) is 3.66. The topological polar surface area (TPSA) is 95.1 Å². The van der Waals surface area contributed by atoms with E-state index in [1.165, 1.54) is 29.6 Å². The molecule has 1 amide bonds. The fourth-order valence-corrected chi connectivity index (χ4v) is 5.08. The number of nitrogens with zero attached hydrogens (tertiary/aromatic N) is 5. The number of hydroxylamine groups is 1. The molecule has 0 spiro atoms. The second-order valence-corrected chi connectivity index (χ2v) is 10.0. The number of methoxy groups -OCH3 is 1. The van der Waals surface area contributed by atoms with Gasteiger partial charge in [-0.3, -0.25) is 9.63 Å². The van der Waals surface area contributed by atoms with E-state index < -0.39 is 17.7 Å². The number of hydrogen-bond acceptors (Lipinski definition) is 9. The molecule has 2 atom stereocenters. The van der Waals surface area contributed by atoms with Crippen LogP contribution in [0.1, 0.15) is 24.9 Å². The van der Waals surface area contributed by atoms with Crippen molar-refractivity contribution in [2.24, 2.45) is 0 Å². The standard InChI is InChI=1S/C29H33F2N7O3/c1-5-28(39)35-21-13-22(25(40-4)14-24(21)37-11-10-36(3)18(2)16-37)34-26-15-27(33-17-32-26)38-23(9-12-41-38)19-7-6-8-20(30)29(19)31/h5-8,13-15,17-18,23H,1,9-12,16H2,2-4H3,(H,35,39)(H,32,33,34)/t18-,23-/m1/s1. The number of ether oxygens (including phenoxy) is 1. The first kappa shape index (κ1) is 28.2. The highest BCUT2D eigenvalue weighted by molar-refractivity contribution is 6.02. The van der Waals surface area contributed by atoms with Gasteiger partial charge in [-0.25, -0.2) is 23.8 Å². The summed E-state index contributed by atoms with van der Waals surface area (Å²) in [6.07, 6.45) is 3.03. The smallest absolute Gasteiger partial charge is 0.247 e. The van der Waals surface area contributed by atoms with Crippen LogP contribution in [0.2, 0.25) is 0 Å². The number of piperazine rings is 1. The van der Waals surface area contributed by atoms with Crippen molar-refractivity contribution in [3.63, 3.8) is 0 Å². The van der Waals surface area contributed by atoms with E-state index in [4.69, 9.17) is 9.57 Å². The number of hydrogen-bond donors (Lipinski definition) is 2. The van der Waals surface area contributed by atoms with Crippen molar-refractivity contribution in [2.45, 2.75) is 25.4 Å². The van der Waals surface area contributed by atoms with Crippen LogP contribution in [0.3, 0.4) is 0 Å². The van der Waals surface area contributed by atoms with E-state index >= 15 is 0 Å². The van der Waals surface area contributed by atoms with Crippen LogP contribution in [0.25, 0.3) is 0 Å². The number of carbonyl (C=O) groups excluding carboxylic acids is 1. The Balaban J connectivity index is 1.45. The molecule has 216 valence electrons. The molecule has 2 aliphatic rings. The van der Waals surface area contributed by atoms with E-state index in [2.05, 4.69) is 51.0 Å². The van der Waals surface area contributed by atoms with Gasteiger partial charge in [0.2, 0.25) is 5.91 Å². The molecule has 3 heterocycles. The van der Waals surface area contributed by atoms with Crippen LogP contribution < -0.4 is 25.3 Å². The van der Waals surface area contributed by atoms with Crippen molar-refractivity contribution in [3.8, 4) is 5.75 Å². The lowest BCUT2D eigenvalue weighted by molar-refractivity contribution is -0.111. The summed E-state index contributed by atoms with van der Waals surface area (Å²) in [5.41, 5.74) is 2.16. The summed E-state index contributed by atoms with van der Waals surface area (Å²) < 4.78 is 34.3. The number of carbonyl (C=O) groups is 1. The van der Waals surface area contributed by atoms with E-state index in [1.54, 1.807) is 19.2 Å². The van der Waals surface area contributed by atoms with Gasteiger partial charge in [0.1, 0.15) is 17.9 Å². The Morgan fingerprint density at radius 2 is 2.02 bits per heavy atom. The first-order valence-electron chi connectivity index (χ1n) is 13.3. The Morgan fingerprint density at radius 1 is 1.20 bits per heavy atom. The van der Waals surface area contributed by atoms with E-state index in [0.29, 0.717) is 47.8 Å². The van der Waals surface area contributed by atoms with Crippen molar-refractivity contribution < 1.29 is 23.1 Å². The Labute approximate surface area is 237 Å². The fraction of sp³-hybridized carbons (Fsp3) is 0.345. The van der Waals surface area contributed by atoms with Crippen LogP contribution in [0.15, 0.2) is 55.4 Å². The SMILES string of the molecule is C=CC(=O)Nc1cc(Nc2cc(N3OCC[C@@H]3c3cccc(F)c3F)ncn2)c(OC)cc1N1CCN(C)[C@H](C)C1. The first-order chi connectivity index (χ1) is 19.8. The van der Waals surface area contributed by atoms with Crippen LogP contribution in [0.4, 0.5) is 37.5 Å². The summed E-state index contributed by atoms with van der Waals surface area (Å²) in [5.74, 6) is -0.842. The summed E-state index contributed by atoms with van der Waals surface area (Å²) in [6, 6.07) is 9.18. The van der Waals surface area contributed by atoms with E-state index in [0.717, 1.165) is 31.4 Å². The number of likely N-dealkylation sites (N-methyl/N-ethyl adjacent to an activating group) is 1. The van der Waals surface area contributed by atoms with Crippen LogP contribution >= 0.6 is 0 Å². The van der Waals surface area contributed by atoms with Gasteiger partial charge in [0, 0.05) is 49.8 Å². The zero-order valence-corrected chi connectivity index (χ0v) is 23.2. The lowest BCUT2D eigenvalue weighted by Crippen LogP contribution is -2.50. The monoisotopic (exact) mass is 565 g/mol. The second kappa shape index (κ2) is 12.1. The minimum absolute atomic E-state index is 0.189. The van der Waals surface area contributed by atoms with Crippen molar-refractivity contribution in [2.75, 3.05) is 61.0 Å². The summed E-state index contributed by atoms with van der Waals surface area (Å²) in [4.78, 5) is 31.3. The normalized spacial score (nSPS) is 19.2. The second-order valence-electron chi connectivity index (χ2n) is 10.0. The van der Waals surface area contributed by atoms with Gasteiger partial charge in [0.05, 0.1) is 36.8 Å². The van der Waals surface area contributed by atoms with Crippen molar-refractivity contribution >= 4 is 34.6 Å². The molecule has 0 aliphatic carbocycles. The van der Waals surface area contributed by atoms with Crippen LogP contribution in [-0.2, 0) is 9.63 Å². The van der Waals surface area contributed by atoms with Gasteiger partial charge >= 0.3 is 0 Å². The average Bonchev–Trinajstić information content (AvgIpc) is 3.46. The van der Waals surface area contributed by atoms with Gasteiger partial charge in [-0.2, -0.15) is 0 Å². The minimum atomic E-state index is -0.916. The van der Waals surface area contributed by atoms with Crippen LogP contribution in [0.5, 0.6) is 5.75 Å². The Bertz CT molecular complexity index is 1440. The molecule has 2 saturated heterocycles. The zero-order chi connectivity index (χ0) is 29.1. The Hall–Kier alpha value is -4.29. The minimum Gasteiger partial charge on any atom is -0.494 e. The maximum Gasteiger partial charge on any atom is 0.247 e. The molecule has 5 rings (SSSR count). The van der Waals surface area contributed by atoms with Crippen molar-refractivity contribution in [1.29, 1.82) is 0 Å². The molecule has 41 heavy (non-hydrogen) atoms. The molecule has 0 saturated carbocycles. The quantitative estimate of drug-likeness (QED) is 0.379. The van der Waals surface area contributed by atoms with Crippen LogP contribution in [0, 0.1) is 11.6 Å². The third kappa shape index (κ3) is 5.93. The number of aromatic nitrogens is 2. The van der Waals surface area contributed by atoms with E-state index in [1.807, 2.05) is 6.07 Å². The average molecular weight is 566 g/mol. The van der Waals surface area contributed by atoms with E-state index in [9.17, 15) is 13.6 Å². The maximum absolute atomic E-state index is 14.6. The van der Waals surface area contributed by atoms with Gasteiger partial charge in [0.15, 0.2) is 17.5 Å². The number of rotatable bonds is 8. The molecule has 0 radical (unpaired) electrons. The molecule has 0 unspecified atom stereocenters. The van der Waals surface area contributed by atoms with E-state index in [-0.39, 0.29) is 11.5 Å². The molecule has 0 bridgehead atoms. The lowest BCUT2D eigenvalue weighted by Gasteiger charge is -2.39. The van der Waals surface area contributed by atoms with Gasteiger partial charge in [-0.05, 0) is 32.2 Å². The summed E-state index contributed by atoms with van der Waals surface area (Å²) in [5, 5.41) is 7.63. The largest absolute Gasteiger partial charge is 0.494 e. The molecule has 3 aromatic rings. The number of halogens is 2. The number of amides is 1. The number of nitrogens with one attached hydrogen (secondary N) is 2. The highest BCUT2D eigenvalue weighted by atomic mass is 19.2. The molecular weight excluding hydrogens is 532 g/mol. The summed E-state index contributed by atoms with van der Waals surface area (Å²) in [6.45, 7) is 8.50. The third-order valence-electron chi connectivity index (χ3n) is 7.45. The Kier molecular flexibility index (Phi) is 8.31. The highest BCUT2D eigenvalue weighted by Crippen LogP contribution is 2.40. The van der Waals surface area contributed by atoms with Gasteiger partial charge < -0.3 is 25.2 Å². The molecule has 1 aromatic heterocycles. The third-order valence-corrected chi connectivity index (χ3v) is 7.45. The molecule has 12 heteroatoms. The molecular formula is C29H33F2N7O3. The van der Waals surface area contributed by atoms with Gasteiger partial charge in [-0.1, -0.05) is 18.7 Å². The molecule has 2 N–H and O–H groups in total. The lowest BCUT2D eigenvalue weighted by atomic mass is 10.0. The highest BCUT2D eigenvalue weighted by Gasteiger charge is 2.32. The van der Waals surface area contributed by atoms with Gasteiger partial charge in [0.25, 0.3) is 0 Å². The molecule has 10 nitrogen and oxygen atoms in total. The molecule has 2 aliphatic heterocycles. The number of benzene rings is 2. The first-order valence-corrected chi connectivity index (χ1v) is 13.3. The number of anilines is 5. The predicted molar refractivity (Wildman–Crippen MR) is 154 cm³/mol. The van der Waals surface area contributed by atoms with Crippen molar-refractivity contribution in [1.82, 2.24) is 14.9 Å². The van der Waals surface area contributed by atoms with Gasteiger partial charge in [-0.15, -0.1) is 0 Å². The summed E-state index contributed by atoms with van der Waals surface area (Å²) >= 11 is 0. The van der Waals surface area contributed by atoms with Crippen molar-refractivity contribution in [3.05, 3.63) is 72.6 Å². The van der Waals surface area contributed by atoms with Crippen LogP contribution in [-0.4, -0.2) is 67.2 Å². The fourth-order valence-electron chi connectivity index (χ4n) is 5.08. The molecule has 2 aromatic carbocycles. The predicted octanol–water partition coefficient (Wildman–Crippen LogP) is 4.65. The zero-order valence-electron chi connectivity index (χ0n) is 23.2. The molecule has 2 fully saturated rings. The Morgan fingerprint density at radius 3 is 2.78 bits per heavy atom. The maximum atomic E-state index is 14.6.